The lowest BCUT2D eigenvalue weighted by molar-refractivity contribution is 0.477. The molecule has 9 aromatic rings. The molecule has 0 bridgehead atoms. The van der Waals surface area contributed by atoms with Crippen molar-refractivity contribution in [3.8, 4) is 22.6 Å². The van der Waals surface area contributed by atoms with Gasteiger partial charge in [-0.1, -0.05) is 66.7 Å². The second-order valence-corrected chi connectivity index (χ2v) is 12.0. The molecule has 202 valence electrons. The van der Waals surface area contributed by atoms with Crippen LogP contribution in [0.4, 0.5) is 17.1 Å². The molecular weight excluding hydrogens is 543 g/mol. The van der Waals surface area contributed by atoms with Gasteiger partial charge >= 0.3 is 6.85 Å². The number of fused-ring (bicyclic) bond motifs is 15. The molecular formula is C38H19BN2O3. The lowest BCUT2D eigenvalue weighted by Crippen LogP contribution is -2.57. The standard InChI is InChI=1S/C38H19BN2O3/c1-4-15-28-20(9-1)24-19-27-33-32(37(24)43-28)22-11-7-12-23-34(22)41(35-21-10-2-5-16-29(21)44-38(23)35)39(33)25-13-8-18-31-36(25)40(27)26-14-3-6-17-30(26)42-31/h1-19H. The van der Waals surface area contributed by atoms with Crippen molar-refractivity contribution in [1.29, 1.82) is 0 Å². The molecule has 3 aliphatic heterocycles. The summed E-state index contributed by atoms with van der Waals surface area (Å²) < 4.78 is 22.6. The Kier molecular flexibility index (Phi) is 3.55. The molecule has 0 saturated heterocycles. The van der Waals surface area contributed by atoms with E-state index in [0.29, 0.717) is 0 Å². The van der Waals surface area contributed by atoms with Crippen LogP contribution in [0.1, 0.15) is 0 Å². The average molecular weight is 562 g/mol. The van der Waals surface area contributed by atoms with Crippen LogP contribution in [0.15, 0.2) is 124 Å². The van der Waals surface area contributed by atoms with Gasteiger partial charge in [0.2, 0.25) is 0 Å². The third kappa shape index (κ3) is 2.30. The van der Waals surface area contributed by atoms with Crippen LogP contribution in [-0.4, -0.2) is 11.3 Å². The number of nitrogens with zero attached hydrogens (tertiary/aromatic N) is 2. The van der Waals surface area contributed by atoms with Gasteiger partial charge in [0.15, 0.2) is 17.1 Å². The Bertz CT molecular complexity index is 2780. The number of rotatable bonds is 0. The van der Waals surface area contributed by atoms with Crippen molar-refractivity contribution in [2.24, 2.45) is 0 Å². The highest BCUT2D eigenvalue weighted by Crippen LogP contribution is 2.55. The molecule has 6 aromatic carbocycles. The molecule has 0 saturated carbocycles. The third-order valence-electron chi connectivity index (χ3n) is 9.94. The van der Waals surface area contributed by atoms with E-state index in [1.54, 1.807) is 0 Å². The van der Waals surface area contributed by atoms with Gasteiger partial charge in [0.1, 0.15) is 16.7 Å². The highest BCUT2D eigenvalue weighted by Gasteiger charge is 2.47. The summed E-state index contributed by atoms with van der Waals surface area (Å²) in [6.45, 7) is -0.117. The number of anilines is 3. The van der Waals surface area contributed by atoms with Crippen LogP contribution in [0.3, 0.4) is 0 Å². The van der Waals surface area contributed by atoms with Gasteiger partial charge in [-0.25, -0.2) is 0 Å². The minimum atomic E-state index is -0.117. The summed E-state index contributed by atoms with van der Waals surface area (Å²) in [5, 5.41) is 4.46. The smallest absolute Gasteiger partial charge is 0.333 e. The van der Waals surface area contributed by atoms with E-state index in [1.165, 1.54) is 16.4 Å². The van der Waals surface area contributed by atoms with Crippen LogP contribution in [-0.2, 0) is 0 Å². The first kappa shape index (κ1) is 21.8. The summed E-state index contributed by atoms with van der Waals surface area (Å²) in [5.41, 5.74) is 14.0. The van der Waals surface area contributed by atoms with Crippen molar-refractivity contribution in [3.05, 3.63) is 115 Å². The number of furan rings is 2. The van der Waals surface area contributed by atoms with E-state index in [1.807, 2.05) is 18.2 Å². The monoisotopic (exact) mass is 562 g/mol. The second-order valence-electron chi connectivity index (χ2n) is 12.0. The van der Waals surface area contributed by atoms with E-state index in [0.717, 1.165) is 89.1 Å². The molecule has 3 aromatic heterocycles. The molecule has 3 aliphatic rings. The average Bonchev–Trinajstić information content (AvgIpc) is 3.73. The largest absolute Gasteiger partial charge is 0.455 e. The Morgan fingerprint density at radius 3 is 2.20 bits per heavy atom. The van der Waals surface area contributed by atoms with Crippen molar-refractivity contribution >= 4 is 89.7 Å². The Labute approximate surface area is 250 Å². The third-order valence-corrected chi connectivity index (χ3v) is 9.94. The Morgan fingerprint density at radius 1 is 0.545 bits per heavy atom. The van der Waals surface area contributed by atoms with Gasteiger partial charge in [0.25, 0.3) is 0 Å². The Balaban J connectivity index is 1.37. The van der Waals surface area contributed by atoms with Crippen LogP contribution in [0.25, 0.3) is 66.0 Å². The molecule has 0 N–H and O–H groups in total. The van der Waals surface area contributed by atoms with Crippen molar-refractivity contribution in [1.82, 2.24) is 4.48 Å². The fourth-order valence-corrected chi connectivity index (χ4v) is 8.32. The second kappa shape index (κ2) is 7.18. The van der Waals surface area contributed by atoms with Crippen LogP contribution in [0.2, 0.25) is 0 Å². The molecule has 6 heterocycles. The van der Waals surface area contributed by atoms with Gasteiger partial charge < -0.3 is 22.9 Å². The van der Waals surface area contributed by atoms with E-state index < -0.39 is 0 Å². The molecule has 5 nitrogen and oxygen atoms in total. The Morgan fingerprint density at radius 2 is 1.27 bits per heavy atom. The SMILES string of the molecule is c1ccc2c(c1)Oc1cccc3c1N2c1cc2c(oc4ccccc42)c2c1B3n1c3c-2cccc3c2oc3ccccc3c21. The summed E-state index contributed by atoms with van der Waals surface area (Å²) in [6.07, 6.45) is 0. The fraction of sp³-hybridized carbons (Fsp3) is 0. The highest BCUT2D eigenvalue weighted by atomic mass is 16.5. The minimum Gasteiger partial charge on any atom is -0.455 e. The molecule has 0 spiro atoms. The number of benzene rings is 6. The lowest BCUT2D eigenvalue weighted by atomic mass is 9.45. The van der Waals surface area contributed by atoms with E-state index in [9.17, 15) is 0 Å². The van der Waals surface area contributed by atoms with Crippen molar-refractivity contribution in [2.75, 3.05) is 4.90 Å². The zero-order valence-electron chi connectivity index (χ0n) is 23.2. The summed E-state index contributed by atoms with van der Waals surface area (Å²) >= 11 is 0. The maximum absolute atomic E-state index is 6.78. The first-order chi connectivity index (χ1) is 21.8. The van der Waals surface area contributed by atoms with Gasteiger partial charge in [-0.2, -0.15) is 0 Å². The predicted octanol–water partition coefficient (Wildman–Crippen LogP) is 8.96. The highest BCUT2D eigenvalue weighted by molar-refractivity contribution is 6.90. The van der Waals surface area contributed by atoms with E-state index >= 15 is 0 Å². The summed E-state index contributed by atoms with van der Waals surface area (Å²) in [5.74, 6) is 1.71. The quantitative estimate of drug-likeness (QED) is 0.173. The van der Waals surface area contributed by atoms with Gasteiger partial charge in [0.05, 0.1) is 16.9 Å². The molecule has 0 fully saturated rings. The van der Waals surface area contributed by atoms with Gasteiger partial charge in [-0.05, 0) is 59.5 Å². The van der Waals surface area contributed by atoms with E-state index in [-0.39, 0.29) is 6.85 Å². The molecule has 44 heavy (non-hydrogen) atoms. The zero-order valence-corrected chi connectivity index (χ0v) is 23.2. The number of aromatic nitrogens is 1. The predicted molar refractivity (Wildman–Crippen MR) is 177 cm³/mol. The first-order valence-corrected chi connectivity index (χ1v) is 15.0. The van der Waals surface area contributed by atoms with Crippen LogP contribution in [0, 0.1) is 0 Å². The number of para-hydroxylation sites is 6. The normalized spacial score (nSPS) is 14.0. The summed E-state index contributed by atoms with van der Waals surface area (Å²) in [6, 6.07) is 40.5. The molecule has 0 amide bonds. The maximum atomic E-state index is 6.78. The van der Waals surface area contributed by atoms with E-state index in [2.05, 4.69) is 106 Å². The maximum Gasteiger partial charge on any atom is 0.333 e. The topological polar surface area (TPSA) is 43.7 Å². The van der Waals surface area contributed by atoms with Crippen LogP contribution in [0.5, 0.6) is 11.5 Å². The van der Waals surface area contributed by atoms with Crippen LogP contribution < -0.4 is 20.6 Å². The van der Waals surface area contributed by atoms with Crippen molar-refractivity contribution in [3.63, 3.8) is 0 Å². The fourth-order valence-electron chi connectivity index (χ4n) is 8.32. The van der Waals surface area contributed by atoms with Crippen molar-refractivity contribution < 1.29 is 13.6 Å². The number of ether oxygens (including phenoxy) is 1. The van der Waals surface area contributed by atoms with Gasteiger partial charge in [0, 0.05) is 43.9 Å². The zero-order chi connectivity index (χ0) is 28.3. The molecule has 0 aliphatic carbocycles. The van der Waals surface area contributed by atoms with Crippen molar-refractivity contribution in [2.45, 2.75) is 0 Å². The van der Waals surface area contributed by atoms with Gasteiger partial charge in [-0.15, -0.1) is 0 Å². The molecule has 0 radical (unpaired) electrons. The van der Waals surface area contributed by atoms with E-state index in [4.69, 9.17) is 13.6 Å². The molecule has 6 heteroatoms. The molecule has 12 rings (SSSR count). The number of hydrogen-bond acceptors (Lipinski definition) is 4. The van der Waals surface area contributed by atoms with Crippen LogP contribution >= 0.6 is 0 Å². The lowest BCUT2D eigenvalue weighted by Gasteiger charge is -2.43. The summed E-state index contributed by atoms with van der Waals surface area (Å²) in [4.78, 5) is 2.42. The Hall–Kier alpha value is -5.88. The first-order valence-electron chi connectivity index (χ1n) is 15.0. The minimum absolute atomic E-state index is 0.117. The number of hydrogen-bond donors (Lipinski definition) is 0. The summed E-state index contributed by atoms with van der Waals surface area (Å²) in [7, 11) is 0. The molecule has 0 unspecified atom stereocenters. The van der Waals surface area contributed by atoms with Gasteiger partial charge in [-0.3, -0.25) is 0 Å². The molecule has 0 atom stereocenters.